The number of benzene rings is 2. The zero-order chi connectivity index (χ0) is 18.8. The summed E-state index contributed by atoms with van der Waals surface area (Å²) >= 11 is 0. The van der Waals surface area contributed by atoms with Gasteiger partial charge in [-0.3, -0.25) is 14.5 Å². The number of likely N-dealkylation sites (tertiary alicyclic amines) is 1. The largest absolute Gasteiger partial charge is 0.369 e. The number of hydrogen-bond acceptors (Lipinski definition) is 3. The van der Waals surface area contributed by atoms with E-state index in [1.165, 1.54) is 0 Å². The number of nitrogens with two attached hydrogens (primary N) is 1. The van der Waals surface area contributed by atoms with Gasteiger partial charge in [0, 0.05) is 17.4 Å². The monoisotopic (exact) mass is 361 g/mol. The molecule has 0 saturated carbocycles. The summed E-state index contributed by atoms with van der Waals surface area (Å²) in [6.45, 7) is 1.67. The number of rotatable bonds is 5. The average molecular weight is 361 g/mol. The summed E-state index contributed by atoms with van der Waals surface area (Å²) in [6.07, 6.45) is 1.70. The van der Waals surface area contributed by atoms with Crippen LogP contribution >= 0.6 is 0 Å². The first kappa shape index (κ1) is 17.5. The topological polar surface area (TPSA) is 79.2 Å². The number of hydrogen-bond donors (Lipinski definition) is 2. The van der Waals surface area contributed by atoms with Gasteiger partial charge in [-0.15, -0.1) is 0 Å². The normalized spacial score (nSPS) is 17.9. The van der Waals surface area contributed by atoms with Crippen molar-refractivity contribution < 1.29 is 9.59 Å². The number of aromatic nitrogens is 1. The molecule has 1 saturated heterocycles. The SMILES string of the molecule is NC(=O)[C@H]1CCCN(CC(=O)c2c(-c3ccccc3)[nH]c3ccccc23)C1. The molecule has 4 rings (SSSR count). The fourth-order valence-electron chi connectivity index (χ4n) is 3.97. The summed E-state index contributed by atoms with van der Waals surface area (Å²) in [5, 5.41) is 0.935. The Kier molecular flexibility index (Phi) is 4.77. The van der Waals surface area contributed by atoms with Crippen LogP contribution < -0.4 is 5.73 Å². The number of fused-ring (bicyclic) bond motifs is 1. The molecule has 0 aliphatic carbocycles. The highest BCUT2D eigenvalue weighted by molar-refractivity contribution is 6.14. The Morgan fingerprint density at radius 3 is 2.59 bits per heavy atom. The molecule has 1 atom stereocenters. The minimum atomic E-state index is -0.274. The van der Waals surface area contributed by atoms with E-state index in [4.69, 9.17) is 5.73 Å². The van der Waals surface area contributed by atoms with Crippen molar-refractivity contribution >= 4 is 22.6 Å². The van der Waals surface area contributed by atoms with E-state index in [-0.39, 0.29) is 17.6 Å². The van der Waals surface area contributed by atoms with Crippen molar-refractivity contribution in [2.75, 3.05) is 19.6 Å². The van der Waals surface area contributed by atoms with Crippen molar-refractivity contribution in [3.05, 3.63) is 60.2 Å². The lowest BCUT2D eigenvalue weighted by molar-refractivity contribution is -0.123. The fraction of sp³-hybridized carbons (Fsp3) is 0.273. The second-order valence-electron chi connectivity index (χ2n) is 7.19. The Balaban J connectivity index is 1.68. The maximum Gasteiger partial charge on any atom is 0.221 e. The van der Waals surface area contributed by atoms with Crippen LogP contribution in [0.1, 0.15) is 23.2 Å². The predicted octanol–water partition coefficient (Wildman–Crippen LogP) is 3.21. The van der Waals surface area contributed by atoms with Crippen molar-refractivity contribution in [2.45, 2.75) is 12.8 Å². The number of carbonyl (C=O) groups excluding carboxylic acids is 2. The Hall–Kier alpha value is -2.92. The second-order valence-corrected chi connectivity index (χ2v) is 7.19. The van der Waals surface area contributed by atoms with Crippen molar-refractivity contribution in [1.82, 2.24) is 9.88 Å². The number of para-hydroxylation sites is 1. The molecular formula is C22H23N3O2. The molecule has 138 valence electrons. The van der Waals surface area contributed by atoms with Gasteiger partial charge in [-0.25, -0.2) is 0 Å². The van der Waals surface area contributed by atoms with Crippen LogP contribution in [0.25, 0.3) is 22.2 Å². The van der Waals surface area contributed by atoms with Crippen LogP contribution in [0.2, 0.25) is 0 Å². The smallest absolute Gasteiger partial charge is 0.221 e. The van der Waals surface area contributed by atoms with Crippen LogP contribution in [0, 0.1) is 5.92 Å². The standard InChI is InChI=1S/C22H23N3O2/c23-22(27)16-9-6-12-25(13-16)14-19(26)20-17-10-4-5-11-18(17)24-21(20)15-7-2-1-3-8-15/h1-5,7-8,10-11,16,24H,6,9,12-14H2,(H2,23,27)/t16-/m0/s1. The molecule has 1 aromatic heterocycles. The summed E-state index contributed by atoms with van der Waals surface area (Å²) in [5.74, 6) is -0.372. The van der Waals surface area contributed by atoms with E-state index in [1.54, 1.807) is 0 Å². The molecule has 5 heteroatoms. The van der Waals surface area contributed by atoms with Gasteiger partial charge in [0.15, 0.2) is 5.78 Å². The van der Waals surface area contributed by atoms with Gasteiger partial charge < -0.3 is 10.7 Å². The Bertz CT molecular complexity index is 978. The molecule has 3 aromatic rings. The van der Waals surface area contributed by atoms with E-state index in [0.29, 0.717) is 13.1 Å². The third-order valence-corrected chi connectivity index (χ3v) is 5.32. The number of H-pyrrole nitrogens is 1. The Morgan fingerprint density at radius 1 is 1.07 bits per heavy atom. The predicted molar refractivity (Wildman–Crippen MR) is 106 cm³/mol. The van der Waals surface area contributed by atoms with Crippen molar-refractivity contribution in [2.24, 2.45) is 11.7 Å². The van der Waals surface area contributed by atoms with Crippen LogP contribution in [0.5, 0.6) is 0 Å². The number of ketones is 1. The molecule has 1 aliphatic rings. The molecule has 1 amide bonds. The minimum absolute atomic E-state index is 0.0661. The van der Waals surface area contributed by atoms with E-state index < -0.39 is 0 Å². The number of nitrogens with zero attached hydrogens (tertiary/aromatic N) is 1. The van der Waals surface area contributed by atoms with E-state index in [0.717, 1.165) is 47.1 Å². The molecule has 2 aromatic carbocycles. The molecule has 5 nitrogen and oxygen atoms in total. The first-order chi connectivity index (χ1) is 13.1. The molecular weight excluding hydrogens is 338 g/mol. The fourth-order valence-corrected chi connectivity index (χ4v) is 3.97. The number of aromatic amines is 1. The van der Waals surface area contributed by atoms with E-state index in [1.807, 2.05) is 54.6 Å². The van der Waals surface area contributed by atoms with Crippen molar-refractivity contribution in [3.8, 4) is 11.3 Å². The summed E-state index contributed by atoms with van der Waals surface area (Å²) in [4.78, 5) is 30.3. The van der Waals surface area contributed by atoms with Crippen LogP contribution in [0.15, 0.2) is 54.6 Å². The summed E-state index contributed by atoms with van der Waals surface area (Å²) in [6, 6.07) is 17.8. The molecule has 3 N–H and O–H groups in total. The second kappa shape index (κ2) is 7.37. The molecule has 0 bridgehead atoms. The number of Topliss-reactive ketones (excluding diaryl/α,β-unsaturated/α-hetero) is 1. The maximum absolute atomic E-state index is 13.3. The molecule has 1 fully saturated rings. The molecule has 27 heavy (non-hydrogen) atoms. The highest BCUT2D eigenvalue weighted by atomic mass is 16.1. The third kappa shape index (κ3) is 3.51. The number of nitrogens with one attached hydrogen (secondary N) is 1. The third-order valence-electron chi connectivity index (χ3n) is 5.32. The average Bonchev–Trinajstić information content (AvgIpc) is 3.08. The number of primary amides is 1. The lowest BCUT2D eigenvalue weighted by atomic mass is 9.96. The van der Waals surface area contributed by atoms with Crippen LogP contribution in [-0.4, -0.2) is 41.2 Å². The van der Waals surface area contributed by atoms with Crippen LogP contribution in [0.4, 0.5) is 0 Å². The Morgan fingerprint density at radius 2 is 1.81 bits per heavy atom. The van der Waals surface area contributed by atoms with E-state index in [9.17, 15) is 9.59 Å². The quantitative estimate of drug-likeness (QED) is 0.685. The molecule has 1 aliphatic heterocycles. The number of amides is 1. The van der Waals surface area contributed by atoms with Crippen molar-refractivity contribution in [3.63, 3.8) is 0 Å². The minimum Gasteiger partial charge on any atom is -0.369 e. The van der Waals surface area contributed by atoms with E-state index >= 15 is 0 Å². The zero-order valence-electron chi connectivity index (χ0n) is 15.2. The lowest BCUT2D eigenvalue weighted by Crippen LogP contribution is -2.43. The summed E-state index contributed by atoms with van der Waals surface area (Å²) < 4.78 is 0. The maximum atomic E-state index is 13.3. The van der Waals surface area contributed by atoms with Crippen molar-refractivity contribution in [1.29, 1.82) is 0 Å². The lowest BCUT2D eigenvalue weighted by Gasteiger charge is -2.30. The first-order valence-electron chi connectivity index (χ1n) is 9.34. The van der Waals surface area contributed by atoms with Gasteiger partial charge in [-0.2, -0.15) is 0 Å². The number of piperidine rings is 1. The van der Waals surface area contributed by atoms with Gasteiger partial charge >= 0.3 is 0 Å². The highest BCUT2D eigenvalue weighted by Crippen LogP contribution is 2.31. The zero-order valence-corrected chi connectivity index (χ0v) is 15.2. The van der Waals surface area contributed by atoms with E-state index in [2.05, 4.69) is 9.88 Å². The van der Waals surface area contributed by atoms with Gasteiger partial charge in [0.05, 0.1) is 23.7 Å². The van der Waals surface area contributed by atoms with Gasteiger partial charge in [-0.1, -0.05) is 48.5 Å². The summed E-state index contributed by atoms with van der Waals surface area (Å²) in [5.41, 5.74) is 8.99. The van der Waals surface area contributed by atoms with Gasteiger partial charge in [0.2, 0.25) is 5.91 Å². The number of carbonyl (C=O) groups is 2. The molecule has 0 radical (unpaired) electrons. The molecule has 2 heterocycles. The van der Waals surface area contributed by atoms with Gasteiger partial charge in [0.1, 0.15) is 0 Å². The summed E-state index contributed by atoms with van der Waals surface area (Å²) in [7, 11) is 0. The van der Waals surface area contributed by atoms with Crippen LogP contribution in [0.3, 0.4) is 0 Å². The first-order valence-corrected chi connectivity index (χ1v) is 9.34. The van der Waals surface area contributed by atoms with Gasteiger partial charge in [0.25, 0.3) is 0 Å². The molecule has 0 unspecified atom stereocenters. The Labute approximate surface area is 158 Å². The highest BCUT2D eigenvalue weighted by Gasteiger charge is 2.27. The molecule has 0 spiro atoms. The van der Waals surface area contributed by atoms with Crippen LogP contribution in [-0.2, 0) is 4.79 Å². The van der Waals surface area contributed by atoms with Gasteiger partial charge in [-0.05, 0) is 31.0 Å².